The molecule has 1 aliphatic rings. The molecule has 122 valence electrons. The lowest BCUT2D eigenvalue weighted by atomic mass is 10.1. The molecule has 0 amide bonds. The topological polar surface area (TPSA) is 0 Å². The van der Waals surface area contributed by atoms with Gasteiger partial charge in [0.05, 0.1) is 5.56 Å². The Bertz CT molecular complexity index is 883. The molecule has 0 aromatic heterocycles. The number of fused-ring (bicyclic) bond motifs is 3. The first-order valence-corrected chi connectivity index (χ1v) is 8.97. The van der Waals surface area contributed by atoms with E-state index in [0.717, 1.165) is 25.8 Å². The molecule has 0 aliphatic carbocycles. The Morgan fingerprint density at radius 1 is 0.750 bits per heavy atom. The van der Waals surface area contributed by atoms with Crippen LogP contribution in [0.4, 0.5) is 13.2 Å². The minimum Gasteiger partial charge on any atom is -0.172 e. The van der Waals surface area contributed by atoms with Crippen LogP contribution in [0.1, 0.15) is 11.1 Å². The number of hydrogen-bond acceptors (Lipinski definition) is 0. The maximum atomic E-state index is 13.3. The maximum absolute atomic E-state index is 13.3. The van der Waals surface area contributed by atoms with E-state index in [4.69, 9.17) is 0 Å². The van der Waals surface area contributed by atoms with Gasteiger partial charge in [-0.05, 0) is 52.8 Å². The van der Waals surface area contributed by atoms with E-state index in [1.54, 1.807) is 6.07 Å². The van der Waals surface area contributed by atoms with Crippen LogP contribution in [-0.4, -0.2) is 0 Å². The van der Waals surface area contributed by atoms with E-state index in [1.807, 2.05) is 42.5 Å². The number of aryl methyl sites for hydroxylation is 1. The summed E-state index contributed by atoms with van der Waals surface area (Å²) < 4.78 is 39.9. The molecule has 0 unspecified atom stereocenters. The van der Waals surface area contributed by atoms with Crippen molar-refractivity contribution in [3.8, 4) is 11.1 Å². The highest BCUT2D eigenvalue weighted by molar-refractivity contribution is 8.17. The minimum atomic E-state index is -4.33. The molecular formula is C20H15F3S. The van der Waals surface area contributed by atoms with Crippen LogP contribution >= 0.6 is 10.9 Å². The molecule has 0 radical (unpaired) electrons. The van der Waals surface area contributed by atoms with E-state index in [-0.39, 0.29) is 5.56 Å². The Morgan fingerprint density at radius 3 is 1.83 bits per heavy atom. The first-order valence-electron chi connectivity index (χ1n) is 7.63. The zero-order valence-corrected chi connectivity index (χ0v) is 13.8. The van der Waals surface area contributed by atoms with Crippen molar-refractivity contribution in [1.29, 1.82) is 0 Å². The highest BCUT2D eigenvalue weighted by atomic mass is 32.2. The molecule has 0 N–H and O–H groups in total. The molecule has 0 fully saturated rings. The second kappa shape index (κ2) is 5.42. The Hall–Kier alpha value is -2.20. The van der Waals surface area contributed by atoms with Crippen LogP contribution < -0.4 is 0 Å². The first-order chi connectivity index (χ1) is 11.5. The minimum absolute atomic E-state index is 0.266. The van der Waals surface area contributed by atoms with Gasteiger partial charge in [0, 0.05) is 9.79 Å². The lowest BCUT2D eigenvalue weighted by Crippen LogP contribution is -2.07. The van der Waals surface area contributed by atoms with Crippen molar-refractivity contribution in [1.82, 2.24) is 0 Å². The van der Waals surface area contributed by atoms with Gasteiger partial charge in [-0.25, -0.2) is 0 Å². The van der Waals surface area contributed by atoms with Crippen molar-refractivity contribution in [3.05, 3.63) is 77.9 Å². The van der Waals surface area contributed by atoms with Gasteiger partial charge in [0.25, 0.3) is 0 Å². The van der Waals surface area contributed by atoms with Gasteiger partial charge in [-0.15, -0.1) is 0 Å². The number of halogens is 3. The van der Waals surface area contributed by atoms with Crippen molar-refractivity contribution in [3.63, 3.8) is 0 Å². The lowest BCUT2D eigenvalue weighted by molar-refractivity contribution is -0.138. The fourth-order valence-electron chi connectivity index (χ4n) is 3.26. The highest BCUT2D eigenvalue weighted by Gasteiger charge is 2.34. The van der Waals surface area contributed by atoms with Gasteiger partial charge in [-0.1, -0.05) is 42.5 Å². The molecule has 0 spiro atoms. The molecule has 3 aromatic rings. The molecule has 4 heteroatoms. The van der Waals surface area contributed by atoms with E-state index >= 15 is 0 Å². The smallest absolute Gasteiger partial charge is 0.172 e. The molecule has 0 nitrogen and oxygen atoms in total. The SMILES string of the molecule is Cc1ccc([SH]2c3ccccc3-c3ccccc32)cc1C(F)(F)F. The largest absolute Gasteiger partial charge is 0.416 e. The molecule has 3 aromatic carbocycles. The monoisotopic (exact) mass is 344 g/mol. The van der Waals surface area contributed by atoms with Gasteiger partial charge in [0.2, 0.25) is 0 Å². The van der Waals surface area contributed by atoms with Crippen molar-refractivity contribution in [2.45, 2.75) is 27.8 Å². The van der Waals surface area contributed by atoms with Crippen LogP contribution in [0.25, 0.3) is 11.1 Å². The van der Waals surface area contributed by atoms with Gasteiger partial charge in [-0.2, -0.15) is 24.1 Å². The van der Waals surface area contributed by atoms with E-state index < -0.39 is 22.6 Å². The second-order valence-electron chi connectivity index (χ2n) is 5.87. The average Bonchev–Trinajstić information content (AvgIpc) is 2.89. The predicted octanol–water partition coefficient (Wildman–Crippen LogP) is 6.47. The molecule has 1 heterocycles. The summed E-state index contributed by atoms with van der Waals surface area (Å²) in [7, 11) is -0.948. The predicted molar refractivity (Wildman–Crippen MR) is 91.8 cm³/mol. The van der Waals surface area contributed by atoms with Crippen LogP contribution in [0.2, 0.25) is 0 Å². The Morgan fingerprint density at radius 2 is 1.29 bits per heavy atom. The van der Waals surface area contributed by atoms with Crippen LogP contribution in [-0.2, 0) is 6.18 Å². The van der Waals surface area contributed by atoms with Crippen molar-refractivity contribution in [2.24, 2.45) is 0 Å². The molecule has 1 aliphatic heterocycles. The lowest BCUT2D eigenvalue weighted by Gasteiger charge is -2.21. The molecule has 4 rings (SSSR count). The molecule has 0 atom stereocenters. The Labute approximate surface area is 141 Å². The summed E-state index contributed by atoms with van der Waals surface area (Å²) in [5, 5.41) is 0. The number of thiol groups is 1. The Kier molecular flexibility index (Phi) is 3.46. The third-order valence-electron chi connectivity index (χ3n) is 4.36. The Balaban J connectivity index is 1.95. The van der Waals surface area contributed by atoms with E-state index in [0.29, 0.717) is 0 Å². The number of benzene rings is 3. The van der Waals surface area contributed by atoms with E-state index in [9.17, 15) is 13.2 Å². The maximum Gasteiger partial charge on any atom is 0.416 e. The molecule has 0 saturated heterocycles. The van der Waals surface area contributed by atoms with Crippen molar-refractivity contribution >= 4 is 10.9 Å². The summed E-state index contributed by atoms with van der Waals surface area (Å²) in [5.74, 6) is 0. The summed E-state index contributed by atoms with van der Waals surface area (Å²) in [6.07, 6.45) is -4.33. The fraction of sp³-hybridized carbons (Fsp3) is 0.100. The molecular weight excluding hydrogens is 329 g/mol. The zero-order valence-electron chi connectivity index (χ0n) is 12.9. The number of rotatable bonds is 1. The summed E-state index contributed by atoms with van der Waals surface area (Å²) >= 11 is 0. The highest BCUT2D eigenvalue weighted by Crippen LogP contribution is 2.62. The zero-order chi connectivity index (χ0) is 16.9. The van der Waals surface area contributed by atoms with Crippen LogP contribution in [0.5, 0.6) is 0 Å². The summed E-state index contributed by atoms with van der Waals surface area (Å²) in [5.41, 5.74) is 1.99. The molecule has 24 heavy (non-hydrogen) atoms. The van der Waals surface area contributed by atoms with Crippen molar-refractivity contribution < 1.29 is 13.2 Å². The van der Waals surface area contributed by atoms with E-state index in [1.165, 1.54) is 13.0 Å². The fourth-order valence-corrected chi connectivity index (χ4v) is 5.89. The normalized spacial score (nSPS) is 14.4. The standard InChI is InChI=1S/C20H15F3S/c1-13-10-11-14(12-17(13)20(21,22)23)24-18-8-4-2-6-15(18)16-7-3-5-9-19(16)24/h2-12,24H,1H3. The number of alkyl halides is 3. The third-order valence-corrected chi connectivity index (χ3v) is 6.90. The summed E-state index contributed by atoms with van der Waals surface area (Å²) in [6.45, 7) is 1.51. The van der Waals surface area contributed by atoms with Gasteiger partial charge in [0.15, 0.2) is 0 Å². The third kappa shape index (κ3) is 2.33. The first kappa shape index (κ1) is 15.3. The van der Waals surface area contributed by atoms with Crippen LogP contribution in [0.3, 0.4) is 0 Å². The molecule has 0 bridgehead atoms. The second-order valence-corrected chi connectivity index (χ2v) is 8.02. The summed E-state index contributed by atoms with van der Waals surface area (Å²) in [6, 6.07) is 20.8. The molecule has 0 saturated carbocycles. The van der Waals surface area contributed by atoms with Crippen LogP contribution in [0.15, 0.2) is 81.4 Å². The quantitative estimate of drug-likeness (QED) is 0.376. The average molecular weight is 344 g/mol. The summed E-state index contributed by atoms with van der Waals surface area (Å²) in [4.78, 5) is 3.01. The van der Waals surface area contributed by atoms with Gasteiger partial charge in [0.1, 0.15) is 0 Å². The van der Waals surface area contributed by atoms with Crippen molar-refractivity contribution in [2.75, 3.05) is 0 Å². The van der Waals surface area contributed by atoms with E-state index in [2.05, 4.69) is 12.1 Å². The van der Waals surface area contributed by atoms with Crippen LogP contribution in [0, 0.1) is 6.92 Å². The number of hydrogen-bond donors (Lipinski definition) is 1. The van der Waals surface area contributed by atoms with Gasteiger partial charge < -0.3 is 0 Å². The van der Waals surface area contributed by atoms with Gasteiger partial charge >= 0.3 is 6.18 Å². The van der Waals surface area contributed by atoms with Gasteiger partial charge in [-0.3, -0.25) is 0 Å².